The van der Waals surface area contributed by atoms with E-state index < -0.39 is 0 Å². The van der Waals surface area contributed by atoms with Gasteiger partial charge in [0.2, 0.25) is 11.7 Å². The van der Waals surface area contributed by atoms with Crippen molar-refractivity contribution in [2.45, 2.75) is 0 Å². The predicted octanol–water partition coefficient (Wildman–Crippen LogP) is 2.43. The maximum absolute atomic E-state index is 11.9. The quantitative estimate of drug-likeness (QED) is 0.790. The van der Waals surface area contributed by atoms with E-state index in [9.17, 15) is 4.79 Å². The molecule has 6 heteroatoms. The topological polar surface area (TPSA) is 52.1 Å². The first-order valence-corrected chi connectivity index (χ1v) is 5.56. The van der Waals surface area contributed by atoms with Gasteiger partial charge in [0.05, 0.1) is 16.3 Å². The summed E-state index contributed by atoms with van der Waals surface area (Å²) in [5.41, 5.74) is 0.297. The molecular weight excluding hydrogens is 248 g/mol. The minimum absolute atomic E-state index is 0.183. The molecule has 2 aromatic rings. The van der Waals surface area contributed by atoms with Crippen LogP contribution in [0.15, 0.2) is 24.5 Å². The minimum atomic E-state index is -0.183. The molecule has 0 aliphatic heterocycles. The van der Waals surface area contributed by atoms with E-state index in [4.69, 9.17) is 16.3 Å². The zero-order valence-electron chi connectivity index (χ0n) is 8.31. The van der Waals surface area contributed by atoms with Crippen LogP contribution in [0.4, 0.5) is 0 Å². The summed E-state index contributed by atoms with van der Waals surface area (Å²) >= 11 is 6.98. The highest BCUT2D eigenvalue weighted by Crippen LogP contribution is 2.23. The van der Waals surface area contributed by atoms with E-state index in [1.165, 1.54) is 30.8 Å². The van der Waals surface area contributed by atoms with Gasteiger partial charge in [-0.05, 0) is 12.1 Å². The van der Waals surface area contributed by atoms with Crippen molar-refractivity contribution in [2.75, 3.05) is 7.11 Å². The standard InChI is InChI=1S/C10H7ClN2O2S/c1-15-9-4-6(12-5-13-9)10(14)7-2-3-8(11)16-7/h2-5H,1H3. The molecule has 0 N–H and O–H groups in total. The molecule has 0 bridgehead atoms. The molecule has 0 aromatic carbocycles. The monoisotopic (exact) mass is 254 g/mol. The van der Waals surface area contributed by atoms with Crippen LogP contribution in [-0.4, -0.2) is 22.9 Å². The Morgan fingerprint density at radius 3 is 2.88 bits per heavy atom. The van der Waals surface area contributed by atoms with Gasteiger partial charge in [-0.25, -0.2) is 9.97 Å². The summed E-state index contributed by atoms with van der Waals surface area (Å²) in [5, 5.41) is 0. The third-order valence-electron chi connectivity index (χ3n) is 1.88. The predicted molar refractivity (Wildman–Crippen MR) is 61.3 cm³/mol. The van der Waals surface area contributed by atoms with Gasteiger partial charge < -0.3 is 4.74 Å². The lowest BCUT2D eigenvalue weighted by Gasteiger charge is -1.99. The van der Waals surface area contributed by atoms with Gasteiger partial charge in [0, 0.05) is 6.07 Å². The van der Waals surface area contributed by atoms with Crippen LogP contribution < -0.4 is 4.74 Å². The van der Waals surface area contributed by atoms with E-state index in [1.54, 1.807) is 12.1 Å². The number of ether oxygens (including phenoxy) is 1. The molecule has 0 amide bonds. The van der Waals surface area contributed by atoms with Gasteiger partial charge in [0.1, 0.15) is 12.0 Å². The third-order valence-corrected chi connectivity index (χ3v) is 3.11. The lowest BCUT2D eigenvalue weighted by atomic mass is 10.2. The summed E-state index contributed by atoms with van der Waals surface area (Å²) in [7, 11) is 1.48. The van der Waals surface area contributed by atoms with Crippen LogP contribution in [0.2, 0.25) is 4.34 Å². The molecule has 2 rings (SSSR count). The maximum atomic E-state index is 11.9. The van der Waals surface area contributed by atoms with Gasteiger partial charge in [0.15, 0.2) is 0 Å². The van der Waals surface area contributed by atoms with Crippen molar-refractivity contribution in [3.05, 3.63) is 39.4 Å². The van der Waals surface area contributed by atoms with Crippen molar-refractivity contribution in [1.29, 1.82) is 0 Å². The molecular formula is C10H7ClN2O2S. The van der Waals surface area contributed by atoms with Crippen LogP contribution in [0.25, 0.3) is 0 Å². The molecule has 4 nitrogen and oxygen atoms in total. The Labute approximate surface area is 101 Å². The van der Waals surface area contributed by atoms with Gasteiger partial charge in [-0.3, -0.25) is 4.79 Å². The second kappa shape index (κ2) is 4.59. The Bertz CT molecular complexity index is 527. The molecule has 0 fully saturated rings. The number of rotatable bonds is 3. The fraction of sp³-hybridized carbons (Fsp3) is 0.100. The van der Waals surface area contributed by atoms with Crippen LogP contribution in [0.3, 0.4) is 0 Å². The van der Waals surface area contributed by atoms with Gasteiger partial charge in [-0.2, -0.15) is 0 Å². The van der Waals surface area contributed by atoms with Crippen molar-refractivity contribution in [3.63, 3.8) is 0 Å². The molecule has 82 valence electrons. The fourth-order valence-corrected chi connectivity index (χ4v) is 2.13. The van der Waals surface area contributed by atoms with E-state index in [-0.39, 0.29) is 5.78 Å². The van der Waals surface area contributed by atoms with Crippen molar-refractivity contribution in [2.24, 2.45) is 0 Å². The zero-order valence-corrected chi connectivity index (χ0v) is 9.88. The zero-order chi connectivity index (χ0) is 11.5. The van der Waals surface area contributed by atoms with Gasteiger partial charge in [-0.1, -0.05) is 11.6 Å². The number of aromatic nitrogens is 2. The second-order valence-corrected chi connectivity index (χ2v) is 4.59. The molecule has 16 heavy (non-hydrogen) atoms. The average molecular weight is 255 g/mol. The summed E-state index contributed by atoms with van der Waals surface area (Å²) in [4.78, 5) is 20.2. The number of ketones is 1. The molecule has 0 saturated carbocycles. The molecule has 0 aliphatic rings. The Balaban J connectivity index is 2.33. The molecule has 2 heterocycles. The normalized spacial score (nSPS) is 10.1. The van der Waals surface area contributed by atoms with Crippen LogP contribution in [0.5, 0.6) is 5.88 Å². The lowest BCUT2D eigenvalue weighted by molar-refractivity contribution is 0.103. The van der Waals surface area contributed by atoms with Crippen LogP contribution >= 0.6 is 22.9 Å². The fourth-order valence-electron chi connectivity index (χ4n) is 1.14. The second-order valence-electron chi connectivity index (χ2n) is 2.88. The Kier molecular flexibility index (Phi) is 3.17. The summed E-state index contributed by atoms with van der Waals surface area (Å²) in [6, 6.07) is 4.84. The molecule has 0 aliphatic carbocycles. The molecule has 0 spiro atoms. The van der Waals surface area contributed by atoms with Gasteiger partial charge in [0.25, 0.3) is 0 Å². The first-order chi connectivity index (χ1) is 7.70. The number of carbonyl (C=O) groups is 1. The minimum Gasteiger partial charge on any atom is -0.481 e. The smallest absolute Gasteiger partial charge is 0.221 e. The Morgan fingerprint density at radius 1 is 1.44 bits per heavy atom. The average Bonchev–Trinajstić information content (AvgIpc) is 2.75. The highest BCUT2D eigenvalue weighted by molar-refractivity contribution is 7.18. The van der Waals surface area contributed by atoms with Crippen LogP contribution in [-0.2, 0) is 0 Å². The molecule has 0 radical (unpaired) electrons. The van der Waals surface area contributed by atoms with Crippen LogP contribution in [0, 0.1) is 0 Å². The maximum Gasteiger partial charge on any atom is 0.221 e. The summed E-state index contributed by atoms with van der Waals surface area (Å²) < 4.78 is 5.49. The number of thiophene rings is 1. The number of hydrogen-bond donors (Lipinski definition) is 0. The summed E-state index contributed by atoms with van der Waals surface area (Å²) in [6.45, 7) is 0. The van der Waals surface area contributed by atoms with Crippen molar-refractivity contribution in [1.82, 2.24) is 9.97 Å². The van der Waals surface area contributed by atoms with E-state index >= 15 is 0 Å². The largest absolute Gasteiger partial charge is 0.481 e. The number of methoxy groups -OCH3 is 1. The van der Waals surface area contributed by atoms with E-state index in [2.05, 4.69) is 9.97 Å². The number of halogens is 1. The van der Waals surface area contributed by atoms with E-state index in [1.807, 2.05) is 0 Å². The first kappa shape index (κ1) is 11.0. The van der Waals surface area contributed by atoms with Crippen molar-refractivity contribution in [3.8, 4) is 5.88 Å². The number of carbonyl (C=O) groups excluding carboxylic acids is 1. The van der Waals surface area contributed by atoms with Crippen LogP contribution in [0.1, 0.15) is 15.4 Å². The summed E-state index contributed by atoms with van der Waals surface area (Å²) in [5.74, 6) is 0.179. The van der Waals surface area contributed by atoms with Gasteiger partial charge in [-0.15, -0.1) is 11.3 Å². The molecule has 0 saturated heterocycles. The van der Waals surface area contributed by atoms with E-state index in [0.29, 0.717) is 20.8 Å². The first-order valence-electron chi connectivity index (χ1n) is 4.37. The number of nitrogens with zero attached hydrogens (tertiary/aromatic N) is 2. The van der Waals surface area contributed by atoms with Gasteiger partial charge >= 0.3 is 0 Å². The van der Waals surface area contributed by atoms with E-state index in [0.717, 1.165) is 0 Å². The highest BCUT2D eigenvalue weighted by atomic mass is 35.5. The highest BCUT2D eigenvalue weighted by Gasteiger charge is 2.13. The summed E-state index contributed by atoms with van der Waals surface area (Å²) in [6.07, 6.45) is 1.29. The SMILES string of the molecule is COc1cc(C(=O)c2ccc(Cl)s2)ncn1. The molecule has 0 unspecified atom stereocenters. The Hall–Kier alpha value is -1.46. The number of hydrogen-bond acceptors (Lipinski definition) is 5. The van der Waals surface area contributed by atoms with Crippen molar-refractivity contribution < 1.29 is 9.53 Å². The van der Waals surface area contributed by atoms with Crippen molar-refractivity contribution >= 4 is 28.7 Å². The Morgan fingerprint density at radius 2 is 2.25 bits per heavy atom. The molecule has 2 aromatic heterocycles. The molecule has 0 atom stereocenters. The lowest BCUT2D eigenvalue weighted by Crippen LogP contribution is -2.03. The third kappa shape index (κ3) is 2.20.